The van der Waals surface area contributed by atoms with Crippen molar-refractivity contribution in [2.24, 2.45) is 0 Å². The molecular weight excluding hydrogens is 421 g/mol. The summed E-state index contributed by atoms with van der Waals surface area (Å²) in [4.78, 5) is 22.4. The average Bonchev–Trinajstić information content (AvgIpc) is 2.47. The fraction of sp³-hybridized carbons (Fsp3) is 0. The minimum atomic E-state index is -0.534. The molecule has 0 aliphatic heterocycles. The summed E-state index contributed by atoms with van der Waals surface area (Å²) in [5.41, 5.74) is 0.567. The largest absolute Gasteiger partial charge is 0.456 e. The van der Waals surface area contributed by atoms with Gasteiger partial charge in [-0.1, -0.05) is 11.6 Å². The third-order valence-corrected chi connectivity index (χ3v) is 4.10. The molecular formula is C15H7ClINO4. The Bertz CT molecular complexity index is 967. The molecule has 0 fully saturated rings. The lowest BCUT2D eigenvalue weighted by Gasteiger charge is -2.05. The Balaban J connectivity index is 2.21. The highest BCUT2D eigenvalue weighted by atomic mass is 127. The van der Waals surface area contributed by atoms with E-state index in [-0.39, 0.29) is 21.9 Å². The number of fused-ring (bicyclic) bond motifs is 1. The third kappa shape index (κ3) is 2.71. The molecule has 0 atom stereocenters. The lowest BCUT2D eigenvalue weighted by molar-refractivity contribution is -0.384. The molecule has 0 bridgehead atoms. The van der Waals surface area contributed by atoms with Crippen LogP contribution in [0.1, 0.15) is 0 Å². The van der Waals surface area contributed by atoms with Crippen molar-refractivity contribution in [1.29, 1.82) is 0 Å². The summed E-state index contributed by atoms with van der Waals surface area (Å²) in [5, 5.41) is 11.4. The van der Waals surface area contributed by atoms with E-state index in [9.17, 15) is 14.9 Å². The summed E-state index contributed by atoms with van der Waals surface area (Å²) >= 11 is 8.18. The molecule has 2 aromatic carbocycles. The molecule has 1 aromatic heterocycles. The molecule has 0 saturated carbocycles. The normalized spacial score (nSPS) is 10.8. The standard InChI is InChI=1S/C15H7ClINO4/c16-12-6-9(18(20)21)2-3-10(12)15-7-13(19)11-5-8(17)1-4-14(11)22-15/h1-7H. The minimum Gasteiger partial charge on any atom is -0.456 e. The van der Waals surface area contributed by atoms with Crippen molar-refractivity contribution in [2.45, 2.75) is 0 Å². The van der Waals surface area contributed by atoms with Gasteiger partial charge in [-0.15, -0.1) is 0 Å². The Labute approximate surface area is 142 Å². The van der Waals surface area contributed by atoms with E-state index < -0.39 is 4.92 Å². The van der Waals surface area contributed by atoms with Crippen LogP contribution in [0.4, 0.5) is 5.69 Å². The second-order valence-corrected chi connectivity index (χ2v) is 6.19. The lowest BCUT2D eigenvalue weighted by Crippen LogP contribution is -2.01. The van der Waals surface area contributed by atoms with Crippen LogP contribution in [0, 0.1) is 13.7 Å². The van der Waals surface area contributed by atoms with Crippen LogP contribution in [0.15, 0.2) is 51.7 Å². The van der Waals surface area contributed by atoms with Crippen LogP contribution >= 0.6 is 34.2 Å². The second kappa shape index (κ2) is 5.69. The van der Waals surface area contributed by atoms with Gasteiger partial charge in [0.05, 0.1) is 15.3 Å². The second-order valence-electron chi connectivity index (χ2n) is 4.54. The Morgan fingerprint density at radius 2 is 1.91 bits per heavy atom. The van der Waals surface area contributed by atoms with Crippen molar-refractivity contribution >= 4 is 50.8 Å². The molecule has 110 valence electrons. The predicted octanol–water partition coefficient (Wildman–Crippen LogP) is 4.63. The number of nitro benzene ring substituents is 1. The zero-order valence-electron chi connectivity index (χ0n) is 10.9. The van der Waals surface area contributed by atoms with E-state index in [2.05, 4.69) is 22.6 Å². The maximum atomic E-state index is 12.2. The smallest absolute Gasteiger partial charge is 0.270 e. The van der Waals surface area contributed by atoms with Crippen molar-refractivity contribution in [3.8, 4) is 11.3 Å². The van der Waals surface area contributed by atoms with E-state index in [0.717, 1.165) is 3.57 Å². The Morgan fingerprint density at radius 1 is 1.14 bits per heavy atom. The quantitative estimate of drug-likeness (QED) is 0.340. The molecule has 5 nitrogen and oxygen atoms in total. The molecule has 7 heteroatoms. The molecule has 1 heterocycles. The van der Waals surface area contributed by atoms with Crippen molar-refractivity contribution in [3.63, 3.8) is 0 Å². The van der Waals surface area contributed by atoms with Gasteiger partial charge in [0.2, 0.25) is 0 Å². The number of rotatable bonds is 2. The summed E-state index contributed by atoms with van der Waals surface area (Å²) < 4.78 is 6.64. The van der Waals surface area contributed by atoms with Crippen LogP contribution in [0.5, 0.6) is 0 Å². The van der Waals surface area contributed by atoms with Gasteiger partial charge in [-0.25, -0.2) is 0 Å². The number of non-ortho nitro benzene ring substituents is 1. The van der Waals surface area contributed by atoms with Gasteiger partial charge in [0.25, 0.3) is 5.69 Å². The number of hydrogen-bond donors (Lipinski definition) is 0. The Hall–Kier alpha value is -1.93. The summed E-state index contributed by atoms with van der Waals surface area (Å²) in [6.45, 7) is 0. The van der Waals surface area contributed by atoms with Crippen molar-refractivity contribution in [1.82, 2.24) is 0 Å². The van der Waals surface area contributed by atoms with Gasteiger partial charge in [-0.2, -0.15) is 0 Å². The van der Waals surface area contributed by atoms with Crippen molar-refractivity contribution < 1.29 is 9.34 Å². The number of benzene rings is 2. The summed E-state index contributed by atoms with van der Waals surface area (Å²) in [6.07, 6.45) is 0. The molecule has 0 unspecified atom stereocenters. The zero-order chi connectivity index (χ0) is 15.9. The van der Waals surface area contributed by atoms with Crippen LogP contribution in [-0.2, 0) is 0 Å². The van der Waals surface area contributed by atoms with E-state index in [1.807, 2.05) is 6.07 Å². The third-order valence-electron chi connectivity index (χ3n) is 3.12. The van der Waals surface area contributed by atoms with Gasteiger partial charge in [-0.3, -0.25) is 14.9 Å². The fourth-order valence-electron chi connectivity index (χ4n) is 2.08. The molecule has 22 heavy (non-hydrogen) atoms. The Kier molecular flexibility index (Phi) is 3.88. The van der Waals surface area contributed by atoms with Crippen LogP contribution < -0.4 is 5.43 Å². The zero-order valence-corrected chi connectivity index (χ0v) is 13.8. The van der Waals surface area contributed by atoms with Crippen molar-refractivity contribution in [3.05, 3.63) is 71.4 Å². The molecule has 0 saturated heterocycles. The Morgan fingerprint density at radius 3 is 2.59 bits per heavy atom. The van der Waals surface area contributed by atoms with Crippen LogP contribution in [0.25, 0.3) is 22.3 Å². The average molecular weight is 428 g/mol. The number of nitrogens with zero attached hydrogens (tertiary/aromatic N) is 1. The van der Waals surface area contributed by atoms with Crippen molar-refractivity contribution in [2.75, 3.05) is 0 Å². The van der Waals surface area contributed by atoms with Crippen LogP contribution in [-0.4, -0.2) is 4.92 Å². The molecule has 0 spiro atoms. The first-order valence-electron chi connectivity index (χ1n) is 6.13. The van der Waals surface area contributed by atoms with E-state index in [1.54, 1.807) is 12.1 Å². The summed E-state index contributed by atoms with van der Waals surface area (Å²) in [5.74, 6) is 0.276. The molecule has 0 N–H and O–H groups in total. The van der Waals surface area contributed by atoms with Gasteiger partial charge >= 0.3 is 0 Å². The molecule has 0 radical (unpaired) electrons. The topological polar surface area (TPSA) is 73.3 Å². The first-order chi connectivity index (χ1) is 10.5. The highest BCUT2D eigenvalue weighted by Gasteiger charge is 2.14. The first kappa shape index (κ1) is 15.0. The van der Waals surface area contributed by atoms with Gasteiger partial charge < -0.3 is 4.42 Å². The van der Waals surface area contributed by atoms with Gasteiger partial charge in [0.15, 0.2) is 5.43 Å². The molecule has 0 aliphatic rings. The molecule has 3 rings (SSSR count). The van der Waals surface area contributed by atoms with Crippen LogP contribution in [0.2, 0.25) is 5.02 Å². The first-order valence-corrected chi connectivity index (χ1v) is 7.59. The lowest BCUT2D eigenvalue weighted by atomic mass is 10.1. The summed E-state index contributed by atoms with van der Waals surface area (Å²) in [6, 6.07) is 10.6. The molecule has 0 aliphatic carbocycles. The molecule has 3 aromatic rings. The number of nitro groups is 1. The van der Waals surface area contributed by atoms with Gasteiger partial charge in [0.1, 0.15) is 11.3 Å². The maximum absolute atomic E-state index is 12.2. The predicted molar refractivity (Wildman–Crippen MR) is 92.3 cm³/mol. The minimum absolute atomic E-state index is 0.119. The SMILES string of the molecule is O=c1cc(-c2ccc([N+](=O)[O-])cc2Cl)oc2ccc(I)cc12. The van der Waals surface area contributed by atoms with E-state index in [1.165, 1.54) is 24.3 Å². The maximum Gasteiger partial charge on any atom is 0.270 e. The van der Waals surface area contributed by atoms with Crippen LogP contribution in [0.3, 0.4) is 0 Å². The number of hydrogen-bond acceptors (Lipinski definition) is 4. The highest BCUT2D eigenvalue weighted by Crippen LogP contribution is 2.32. The van der Waals surface area contributed by atoms with E-state index in [0.29, 0.717) is 16.5 Å². The van der Waals surface area contributed by atoms with E-state index in [4.69, 9.17) is 16.0 Å². The highest BCUT2D eigenvalue weighted by molar-refractivity contribution is 14.1. The molecule has 0 amide bonds. The van der Waals surface area contributed by atoms with E-state index >= 15 is 0 Å². The number of halogens is 2. The monoisotopic (exact) mass is 427 g/mol. The van der Waals surface area contributed by atoms with Gasteiger partial charge in [-0.05, 0) is 46.9 Å². The van der Waals surface area contributed by atoms with Gasteiger partial charge in [0, 0.05) is 27.3 Å². The fourth-order valence-corrected chi connectivity index (χ4v) is 2.84. The summed E-state index contributed by atoms with van der Waals surface area (Å²) in [7, 11) is 0.